The zero-order chi connectivity index (χ0) is 20.3. The lowest BCUT2D eigenvalue weighted by Crippen LogP contribution is -2.27. The summed E-state index contributed by atoms with van der Waals surface area (Å²) in [6.07, 6.45) is 27.1. The number of ether oxygens (including phenoxy) is 2. The van der Waals surface area contributed by atoms with E-state index in [0.717, 1.165) is 32.4 Å². The molecule has 1 saturated heterocycles. The van der Waals surface area contributed by atoms with Gasteiger partial charge < -0.3 is 14.8 Å². The minimum Gasteiger partial charge on any atom is -0.348 e. The van der Waals surface area contributed by atoms with Gasteiger partial charge in [-0.25, -0.2) is 0 Å². The summed E-state index contributed by atoms with van der Waals surface area (Å²) in [6.45, 7) is 6.11. The lowest BCUT2D eigenvalue weighted by Gasteiger charge is -2.23. The van der Waals surface area contributed by atoms with Gasteiger partial charge in [-0.15, -0.1) is 0 Å². The number of hydrogen-bond donors (Lipinski definition) is 1. The predicted molar refractivity (Wildman–Crippen MR) is 122 cm³/mol. The van der Waals surface area contributed by atoms with Crippen molar-refractivity contribution in [2.75, 3.05) is 20.2 Å². The molecule has 1 aliphatic rings. The van der Waals surface area contributed by atoms with E-state index in [1.54, 1.807) is 0 Å². The van der Waals surface area contributed by atoms with Crippen LogP contribution in [-0.4, -0.2) is 32.1 Å². The largest absolute Gasteiger partial charge is 0.348 e. The van der Waals surface area contributed by atoms with Crippen molar-refractivity contribution in [3.63, 3.8) is 0 Å². The third-order valence-corrected chi connectivity index (χ3v) is 5.54. The zero-order valence-electron chi connectivity index (χ0n) is 19.0. The molecule has 0 aromatic heterocycles. The Morgan fingerprint density at radius 1 is 0.893 bits per heavy atom. The molecular weight excluding hydrogens is 346 g/mol. The van der Waals surface area contributed by atoms with Crippen molar-refractivity contribution in [1.82, 2.24) is 5.32 Å². The van der Waals surface area contributed by atoms with Crippen molar-refractivity contribution >= 4 is 0 Å². The first-order valence-corrected chi connectivity index (χ1v) is 12.0. The maximum absolute atomic E-state index is 6.10. The van der Waals surface area contributed by atoms with Gasteiger partial charge in [0.1, 0.15) is 0 Å². The van der Waals surface area contributed by atoms with Gasteiger partial charge in [-0.1, -0.05) is 69.8 Å². The molecule has 2 atom stereocenters. The highest BCUT2D eigenvalue weighted by molar-refractivity contribution is 4.92. The highest BCUT2D eigenvalue weighted by atomic mass is 16.7. The first kappa shape index (κ1) is 25.4. The molecule has 0 radical (unpaired) electrons. The monoisotopic (exact) mass is 393 g/mol. The van der Waals surface area contributed by atoms with Crippen LogP contribution in [-0.2, 0) is 9.47 Å². The van der Waals surface area contributed by atoms with E-state index in [-0.39, 0.29) is 11.9 Å². The molecule has 2 unspecified atom stereocenters. The summed E-state index contributed by atoms with van der Waals surface area (Å²) in [5, 5.41) is 3.18. The topological polar surface area (TPSA) is 30.5 Å². The summed E-state index contributed by atoms with van der Waals surface area (Å²) < 4.78 is 12.0. The van der Waals surface area contributed by atoms with E-state index in [9.17, 15) is 0 Å². The van der Waals surface area contributed by atoms with Gasteiger partial charge in [0.25, 0.3) is 0 Å². The van der Waals surface area contributed by atoms with Crippen molar-refractivity contribution in [2.45, 2.75) is 116 Å². The fraction of sp³-hybridized carbons (Fsp3) is 0.840. The van der Waals surface area contributed by atoms with Crippen LogP contribution in [0.4, 0.5) is 0 Å². The normalized spacial score (nSPS) is 22.8. The molecule has 164 valence electrons. The number of allylic oxidation sites excluding steroid dienone is 4. The molecule has 1 fully saturated rings. The summed E-state index contributed by atoms with van der Waals surface area (Å²) >= 11 is 0. The van der Waals surface area contributed by atoms with Crippen LogP contribution in [0.3, 0.4) is 0 Å². The van der Waals surface area contributed by atoms with Crippen LogP contribution in [0.15, 0.2) is 24.3 Å². The molecule has 1 rings (SSSR count). The van der Waals surface area contributed by atoms with Crippen molar-refractivity contribution in [3.8, 4) is 0 Å². The van der Waals surface area contributed by atoms with Crippen LogP contribution in [0, 0.1) is 0 Å². The molecule has 0 spiro atoms. The molecule has 28 heavy (non-hydrogen) atoms. The van der Waals surface area contributed by atoms with E-state index in [2.05, 4.69) is 43.5 Å². The highest BCUT2D eigenvalue weighted by Gasteiger charge is 2.36. The average Bonchev–Trinajstić information content (AvgIpc) is 3.07. The van der Waals surface area contributed by atoms with Crippen LogP contribution in [0.5, 0.6) is 0 Å². The van der Waals surface area contributed by atoms with Crippen LogP contribution in [0.2, 0.25) is 0 Å². The third kappa shape index (κ3) is 13.5. The van der Waals surface area contributed by atoms with Crippen molar-refractivity contribution < 1.29 is 9.47 Å². The fourth-order valence-corrected chi connectivity index (χ4v) is 3.70. The third-order valence-electron chi connectivity index (χ3n) is 5.54. The van der Waals surface area contributed by atoms with Crippen LogP contribution >= 0.6 is 0 Å². The second-order valence-electron chi connectivity index (χ2n) is 8.41. The van der Waals surface area contributed by atoms with Crippen molar-refractivity contribution in [1.29, 1.82) is 0 Å². The van der Waals surface area contributed by atoms with Gasteiger partial charge in [0, 0.05) is 6.42 Å². The van der Waals surface area contributed by atoms with E-state index in [1.807, 2.05) is 7.05 Å². The number of unbranched alkanes of at least 4 members (excludes halogenated alkanes) is 9. The van der Waals surface area contributed by atoms with Gasteiger partial charge in [0.2, 0.25) is 0 Å². The Balaban J connectivity index is 1.87. The molecule has 1 heterocycles. The molecule has 3 heteroatoms. The molecule has 0 saturated carbocycles. The van der Waals surface area contributed by atoms with E-state index >= 15 is 0 Å². The summed E-state index contributed by atoms with van der Waals surface area (Å²) in [4.78, 5) is 0. The molecule has 1 N–H and O–H groups in total. The van der Waals surface area contributed by atoms with Gasteiger partial charge in [0.15, 0.2) is 5.79 Å². The van der Waals surface area contributed by atoms with E-state index in [1.165, 1.54) is 70.6 Å². The minimum absolute atomic E-state index is 0.266. The van der Waals surface area contributed by atoms with Gasteiger partial charge in [-0.05, 0) is 65.5 Å². The molecule has 0 aliphatic carbocycles. The lowest BCUT2D eigenvalue weighted by molar-refractivity contribution is -0.159. The van der Waals surface area contributed by atoms with E-state index < -0.39 is 0 Å². The molecule has 0 aromatic rings. The fourth-order valence-electron chi connectivity index (χ4n) is 3.70. The summed E-state index contributed by atoms with van der Waals surface area (Å²) in [6, 6.07) is 0. The van der Waals surface area contributed by atoms with Crippen molar-refractivity contribution in [2.24, 2.45) is 0 Å². The Bertz CT molecular complexity index is 407. The summed E-state index contributed by atoms with van der Waals surface area (Å²) in [5.74, 6) is -0.340. The molecule has 0 bridgehead atoms. The quantitative estimate of drug-likeness (QED) is 0.202. The Hall–Kier alpha value is -0.640. The Kier molecular flexibility index (Phi) is 15.6. The number of hydrogen-bond acceptors (Lipinski definition) is 3. The second kappa shape index (κ2) is 17.2. The van der Waals surface area contributed by atoms with Crippen LogP contribution in [0.1, 0.15) is 104 Å². The first-order valence-electron chi connectivity index (χ1n) is 12.0. The molecule has 3 nitrogen and oxygen atoms in total. The maximum Gasteiger partial charge on any atom is 0.166 e. The molecule has 1 aliphatic heterocycles. The van der Waals surface area contributed by atoms with Gasteiger partial charge in [-0.3, -0.25) is 0 Å². The molecule has 0 aromatic carbocycles. The highest BCUT2D eigenvalue weighted by Crippen LogP contribution is 2.30. The van der Waals surface area contributed by atoms with Gasteiger partial charge in [-0.2, -0.15) is 0 Å². The SMILES string of the molecule is CCCCC/C=C\C/C=C\CCCCCCCCC1(C)OCC(CCNC)O1. The Morgan fingerprint density at radius 2 is 1.54 bits per heavy atom. The van der Waals surface area contributed by atoms with Crippen LogP contribution in [0.25, 0.3) is 0 Å². The van der Waals surface area contributed by atoms with Gasteiger partial charge in [0.05, 0.1) is 12.7 Å². The molecular formula is C25H47NO2. The van der Waals surface area contributed by atoms with E-state index in [4.69, 9.17) is 9.47 Å². The Labute approximate surface area is 175 Å². The standard InChI is InChI=1S/C25H47NO2/c1-4-5-6-7-8-9-10-11-12-13-14-15-16-17-18-19-21-25(2)27-23-24(28-25)20-22-26-3/h8-9,11-12,24,26H,4-7,10,13-23H2,1-3H3/b9-8-,12-11-. The number of nitrogens with one attached hydrogen (secondary N) is 1. The summed E-state index contributed by atoms with van der Waals surface area (Å²) in [7, 11) is 1.99. The smallest absolute Gasteiger partial charge is 0.166 e. The van der Waals surface area contributed by atoms with E-state index in [0.29, 0.717) is 0 Å². The minimum atomic E-state index is -0.340. The van der Waals surface area contributed by atoms with Gasteiger partial charge >= 0.3 is 0 Å². The summed E-state index contributed by atoms with van der Waals surface area (Å²) in [5.41, 5.74) is 0. The van der Waals surface area contributed by atoms with Crippen molar-refractivity contribution in [3.05, 3.63) is 24.3 Å². The zero-order valence-corrected chi connectivity index (χ0v) is 19.0. The lowest BCUT2D eigenvalue weighted by atomic mass is 10.0. The Morgan fingerprint density at radius 3 is 2.21 bits per heavy atom. The maximum atomic E-state index is 6.10. The average molecular weight is 394 g/mol. The first-order chi connectivity index (χ1) is 13.7. The predicted octanol–water partition coefficient (Wildman–Crippen LogP) is 6.93. The molecule has 0 amide bonds. The second-order valence-corrected chi connectivity index (χ2v) is 8.41. The number of rotatable bonds is 18. The van der Waals surface area contributed by atoms with Crippen LogP contribution < -0.4 is 5.32 Å².